The third kappa shape index (κ3) is 3.04. The van der Waals surface area contributed by atoms with Gasteiger partial charge in [0.2, 0.25) is 9.84 Å². The van der Waals surface area contributed by atoms with Crippen LogP contribution in [0.5, 0.6) is 0 Å². The third-order valence-corrected chi connectivity index (χ3v) is 7.74. The first-order valence-corrected chi connectivity index (χ1v) is 11.9. The molecule has 0 saturated heterocycles. The molecule has 0 aliphatic heterocycles. The molecule has 7 nitrogen and oxygen atoms in total. The van der Waals surface area contributed by atoms with E-state index in [0.717, 1.165) is 4.47 Å². The fraction of sp³-hybridized carbons (Fsp3) is 0.0435. The zero-order chi connectivity index (χ0) is 22.6. The summed E-state index contributed by atoms with van der Waals surface area (Å²) in [5.41, 5.74) is 0.708. The zero-order valence-corrected chi connectivity index (χ0v) is 19.1. The van der Waals surface area contributed by atoms with E-state index in [9.17, 15) is 18.0 Å². The molecule has 2 aromatic heterocycles. The van der Waals surface area contributed by atoms with Gasteiger partial charge in [0.15, 0.2) is 0 Å². The standard InChI is InChI=1S/C23H16BrN3O4S/c1-26-19(23(29)27-18-11-10-15(24)13-17(18)22(28)25-27)12-14-6-5-9-20(21(14)26)32(30,31)16-7-3-2-4-8-16/h2-13H,1H3,(H,25,28). The number of H-pyrrole nitrogens is 1. The Bertz CT molecular complexity index is 1700. The molecular weight excluding hydrogens is 494 g/mol. The van der Waals surface area contributed by atoms with E-state index in [-0.39, 0.29) is 21.0 Å². The lowest BCUT2D eigenvalue weighted by atomic mass is 10.2. The maximum Gasteiger partial charge on any atom is 0.293 e. The fourth-order valence-corrected chi connectivity index (χ4v) is 5.81. The summed E-state index contributed by atoms with van der Waals surface area (Å²) < 4.78 is 30.1. The topological polar surface area (TPSA) is 93.9 Å². The van der Waals surface area contributed by atoms with Crippen LogP contribution < -0.4 is 5.56 Å². The molecule has 0 amide bonds. The monoisotopic (exact) mass is 509 g/mol. The highest BCUT2D eigenvalue weighted by molar-refractivity contribution is 9.10. The average molecular weight is 510 g/mol. The first-order chi connectivity index (χ1) is 15.3. The van der Waals surface area contributed by atoms with Gasteiger partial charge in [-0.05, 0) is 42.5 Å². The van der Waals surface area contributed by atoms with Gasteiger partial charge in [-0.2, -0.15) is 0 Å². The minimum absolute atomic E-state index is 0.109. The van der Waals surface area contributed by atoms with Crippen molar-refractivity contribution in [1.29, 1.82) is 0 Å². The second kappa shape index (κ2) is 7.32. The van der Waals surface area contributed by atoms with Crippen LogP contribution in [0.1, 0.15) is 10.5 Å². The van der Waals surface area contributed by atoms with Gasteiger partial charge in [0.1, 0.15) is 5.69 Å². The van der Waals surface area contributed by atoms with Gasteiger partial charge < -0.3 is 4.57 Å². The number of carbonyl (C=O) groups excluding carboxylic acids is 1. The summed E-state index contributed by atoms with van der Waals surface area (Å²) in [5.74, 6) is -0.471. The quantitative estimate of drug-likeness (QED) is 0.396. The van der Waals surface area contributed by atoms with Crippen LogP contribution in [0.2, 0.25) is 0 Å². The highest BCUT2D eigenvalue weighted by Crippen LogP contribution is 2.30. The number of fused-ring (bicyclic) bond motifs is 2. The van der Waals surface area contributed by atoms with Crippen molar-refractivity contribution in [3.05, 3.63) is 93.3 Å². The number of sulfone groups is 1. The molecule has 5 aromatic rings. The number of aromatic amines is 1. The summed E-state index contributed by atoms with van der Waals surface area (Å²) in [6.07, 6.45) is 0. The van der Waals surface area contributed by atoms with E-state index < -0.39 is 15.7 Å². The smallest absolute Gasteiger partial charge is 0.293 e. The van der Waals surface area contributed by atoms with Crippen LogP contribution in [0.4, 0.5) is 0 Å². The molecule has 5 rings (SSSR count). The zero-order valence-electron chi connectivity index (χ0n) is 16.7. The molecule has 2 heterocycles. The average Bonchev–Trinajstić information content (AvgIpc) is 3.30. The van der Waals surface area contributed by atoms with Gasteiger partial charge in [-0.3, -0.25) is 14.7 Å². The van der Waals surface area contributed by atoms with E-state index >= 15 is 0 Å². The molecule has 0 bridgehead atoms. The van der Waals surface area contributed by atoms with Crippen LogP contribution in [0.25, 0.3) is 21.8 Å². The summed E-state index contributed by atoms with van der Waals surface area (Å²) in [6.45, 7) is 0. The number of aryl methyl sites for hydroxylation is 1. The van der Waals surface area contributed by atoms with Crippen LogP contribution in [0.3, 0.4) is 0 Å². The predicted molar refractivity (Wildman–Crippen MR) is 125 cm³/mol. The maximum absolute atomic E-state index is 13.4. The van der Waals surface area contributed by atoms with Gasteiger partial charge in [-0.15, -0.1) is 0 Å². The molecule has 32 heavy (non-hydrogen) atoms. The normalized spacial score (nSPS) is 11.9. The summed E-state index contributed by atoms with van der Waals surface area (Å²) in [6, 6.07) is 19.8. The van der Waals surface area contributed by atoms with E-state index in [1.807, 2.05) is 0 Å². The van der Waals surface area contributed by atoms with E-state index in [2.05, 4.69) is 21.0 Å². The Kier molecular flexibility index (Phi) is 4.68. The molecule has 1 N–H and O–H groups in total. The molecule has 0 radical (unpaired) electrons. The molecule has 3 aromatic carbocycles. The SMILES string of the molecule is Cn1c(C(=O)n2[nH]c(=O)c3cc(Br)ccc32)cc2cccc(S(=O)(=O)c3ccccc3)c21. The first kappa shape index (κ1) is 20.5. The molecular formula is C23H16BrN3O4S. The number of halogens is 1. The lowest BCUT2D eigenvalue weighted by molar-refractivity contribution is 0.0942. The molecule has 0 saturated carbocycles. The number of para-hydroxylation sites is 1. The van der Waals surface area contributed by atoms with Crippen LogP contribution in [-0.4, -0.2) is 28.7 Å². The molecule has 0 fully saturated rings. The Morgan fingerprint density at radius 1 is 0.969 bits per heavy atom. The van der Waals surface area contributed by atoms with Crippen molar-refractivity contribution >= 4 is 53.5 Å². The minimum Gasteiger partial charge on any atom is -0.338 e. The van der Waals surface area contributed by atoms with Crippen molar-refractivity contribution in [2.75, 3.05) is 0 Å². The lowest BCUT2D eigenvalue weighted by Crippen LogP contribution is -2.19. The second-order valence-electron chi connectivity index (χ2n) is 7.34. The Balaban J connectivity index is 1.72. The minimum atomic E-state index is -3.80. The molecule has 0 spiro atoms. The maximum atomic E-state index is 13.4. The number of aromatic nitrogens is 3. The molecule has 9 heteroatoms. The van der Waals surface area contributed by atoms with E-state index in [1.165, 1.54) is 22.9 Å². The van der Waals surface area contributed by atoms with Crippen LogP contribution in [0, 0.1) is 0 Å². The highest BCUT2D eigenvalue weighted by atomic mass is 79.9. The summed E-state index contributed by atoms with van der Waals surface area (Å²) in [5, 5.41) is 3.56. The fourth-order valence-electron chi connectivity index (χ4n) is 3.91. The van der Waals surface area contributed by atoms with Crippen molar-refractivity contribution in [2.24, 2.45) is 7.05 Å². The number of benzene rings is 3. The van der Waals surface area contributed by atoms with E-state index in [4.69, 9.17) is 0 Å². The van der Waals surface area contributed by atoms with Crippen molar-refractivity contribution < 1.29 is 13.2 Å². The van der Waals surface area contributed by atoms with Gasteiger partial charge in [-0.1, -0.05) is 46.3 Å². The molecule has 0 aliphatic rings. The Labute approximate surface area is 190 Å². The van der Waals surface area contributed by atoms with E-state index in [1.54, 1.807) is 66.2 Å². The highest BCUT2D eigenvalue weighted by Gasteiger charge is 2.25. The Morgan fingerprint density at radius 2 is 1.72 bits per heavy atom. The van der Waals surface area contributed by atoms with Crippen LogP contribution in [0.15, 0.2) is 91.9 Å². The van der Waals surface area contributed by atoms with Crippen molar-refractivity contribution in [3.8, 4) is 0 Å². The van der Waals surface area contributed by atoms with Crippen molar-refractivity contribution in [2.45, 2.75) is 9.79 Å². The molecule has 160 valence electrons. The van der Waals surface area contributed by atoms with Crippen molar-refractivity contribution in [3.63, 3.8) is 0 Å². The first-order valence-electron chi connectivity index (χ1n) is 9.62. The van der Waals surface area contributed by atoms with Crippen molar-refractivity contribution in [1.82, 2.24) is 14.3 Å². The van der Waals surface area contributed by atoms with Gasteiger partial charge in [0.25, 0.3) is 11.5 Å². The summed E-state index contributed by atoms with van der Waals surface area (Å²) in [7, 11) is -2.16. The number of carbonyl (C=O) groups is 1. The third-order valence-electron chi connectivity index (χ3n) is 5.44. The number of rotatable bonds is 3. The Hall–Kier alpha value is -3.43. The van der Waals surface area contributed by atoms with Gasteiger partial charge >= 0.3 is 0 Å². The van der Waals surface area contributed by atoms with Crippen LogP contribution in [-0.2, 0) is 16.9 Å². The predicted octanol–water partition coefficient (Wildman–Crippen LogP) is 4.11. The van der Waals surface area contributed by atoms with E-state index in [0.29, 0.717) is 21.8 Å². The largest absolute Gasteiger partial charge is 0.338 e. The second-order valence-corrected chi connectivity index (χ2v) is 10.2. The number of hydrogen-bond acceptors (Lipinski definition) is 4. The lowest BCUT2D eigenvalue weighted by Gasteiger charge is -2.10. The summed E-state index contributed by atoms with van der Waals surface area (Å²) >= 11 is 3.33. The van der Waals surface area contributed by atoms with Gasteiger partial charge in [-0.25, -0.2) is 13.1 Å². The van der Waals surface area contributed by atoms with Gasteiger partial charge in [0.05, 0.1) is 26.2 Å². The number of nitrogens with one attached hydrogen (secondary N) is 1. The van der Waals surface area contributed by atoms with Gasteiger partial charge in [0, 0.05) is 16.9 Å². The Morgan fingerprint density at radius 3 is 2.47 bits per heavy atom. The molecule has 0 unspecified atom stereocenters. The molecule has 0 aliphatic carbocycles. The van der Waals surface area contributed by atoms with Crippen LogP contribution >= 0.6 is 15.9 Å². The number of hydrogen-bond donors (Lipinski definition) is 1. The number of nitrogens with zero attached hydrogens (tertiary/aromatic N) is 2. The summed E-state index contributed by atoms with van der Waals surface area (Å²) in [4.78, 5) is 26.0. The molecule has 0 atom stereocenters.